The maximum absolute atomic E-state index is 13.2. The van der Waals surface area contributed by atoms with Crippen LogP contribution in [-0.2, 0) is 4.79 Å². The van der Waals surface area contributed by atoms with E-state index in [1.54, 1.807) is 6.08 Å². The van der Waals surface area contributed by atoms with Crippen molar-refractivity contribution < 1.29 is 4.79 Å². The molecule has 2 aliphatic rings. The molecule has 1 aromatic carbocycles. The Hall–Kier alpha value is -2.60. The van der Waals surface area contributed by atoms with E-state index >= 15 is 0 Å². The number of aromatic nitrogens is 2. The van der Waals surface area contributed by atoms with E-state index in [4.69, 9.17) is 0 Å². The second-order valence-electron chi connectivity index (χ2n) is 8.54. The number of benzene rings is 1. The second-order valence-corrected chi connectivity index (χ2v) is 9.55. The van der Waals surface area contributed by atoms with Crippen LogP contribution >= 0.6 is 11.8 Å². The third kappa shape index (κ3) is 3.69. The van der Waals surface area contributed by atoms with E-state index < -0.39 is 5.92 Å². The van der Waals surface area contributed by atoms with Gasteiger partial charge in [-0.1, -0.05) is 61.5 Å². The second kappa shape index (κ2) is 7.34. The van der Waals surface area contributed by atoms with Crippen LogP contribution in [0.1, 0.15) is 49.3 Å². The summed E-state index contributed by atoms with van der Waals surface area (Å²) >= 11 is 1.43. The first-order valence-electron chi connectivity index (χ1n) is 9.77. The molecule has 4 rings (SSSR count). The molecule has 2 aromatic rings. The van der Waals surface area contributed by atoms with Crippen molar-refractivity contribution in [3.05, 3.63) is 75.2 Å². The van der Waals surface area contributed by atoms with Crippen molar-refractivity contribution in [2.75, 3.05) is 11.1 Å². The van der Waals surface area contributed by atoms with Gasteiger partial charge in [-0.3, -0.25) is 9.59 Å². The Kier molecular flexibility index (Phi) is 4.99. The van der Waals surface area contributed by atoms with Gasteiger partial charge in [0.25, 0.3) is 5.56 Å². The Morgan fingerprint density at radius 2 is 2.10 bits per heavy atom. The zero-order valence-electron chi connectivity index (χ0n) is 17.0. The zero-order valence-corrected chi connectivity index (χ0v) is 17.8. The number of hydrogen-bond acceptors (Lipinski definition) is 5. The molecule has 0 amide bonds. The largest absolute Gasteiger partial charge is 0.343 e. The number of hydrogen-bond donors (Lipinski definition) is 2. The average molecular weight is 408 g/mol. The molecule has 29 heavy (non-hydrogen) atoms. The molecule has 0 fully saturated rings. The number of anilines is 1. The smallest absolute Gasteiger partial charge is 0.257 e. The molecule has 0 unspecified atom stereocenters. The van der Waals surface area contributed by atoms with Gasteiger partial charge in [-0.2, -0.15) is 0 Å². The quantitative estimate of drug-likeness (QED) is 0.442. The molecule has 1 aromatic heterocycles. The Morgan fingerprint density at radius 3 is 2.83 bits per heavy atom. The van der Waals surface area contributed by atoms with E-state index in [0.717, 1.165) is 23.2 Å². The van der Waals surface area contributed by atoms with Crippen molar-refractivity contribution in [3.63, 3.8) is 0 Å². The number of nitrogens with one attached hydrogen (secondary N) is 2. The van der Waals surface area contributed by atoms with Crippen molar-refractivity contribution in [1.82, 2.24) is 9.97 Å². The summed E-state index contributed by atoms with van der Waals surface area (Å²) in [6, 6.07) is 8.03. The van der Waals surface area contributed by atoms with E-state index in [1.807, 2.05) is 25.1 Å². The van der Waals surface area contributed by atoms with Crippen LogP contribution in [-0.4, -0.2) is 21.5 Å². The Balaban J connectivity index is 1.93. The van der Waals surface area contributed by atoms with Crippen LogP contribution in [0.2, 0.25) is 0 Å². The van der Waals surface area contributed by atoms with E-state index in [1.165, 1.54) is 11.8 Å². The molecule has 0 spiro atoms. The number of carbonyl (C=O) groups is 1. The highest BCUT2D eigenvalue weighted by atomic mass is 32.2. The number of H-pyrrole nitrogens is 1. The molecule has 1 aliphatic heterocycles. The average Bonchev–Trinajstić information content (AvgIpc) is 2.63. The lowest BCUT2D eigenvalue weighted by atomic mass is 9.69. The van der Waals surface area contributed by atoms with Gasteiger partial charge < -0.3 is 10.3 Å². The number of ketones is 1. The van der Waals surface area contributed by atoms with Gasteiger partial charge in [0.15, 0.2) is 10.9 Å². The Morgan fingerprint density at radius 1 is 1.31 bits per heavy atom. The number of nitrogens with zero attached hydrogens (tertiary/aromatic N) is 1. The number of allylic oxidation sites excluding steroid dienone is 2. The molecule has 2 heterocycles. The third-order valence-corrected chi connectivity index (χ3v) is 6.28. The Bertz CT molecular complexity index is 1100. The summed E-state index contributed by atoms with van der Waals surface area (Å²) in [6.45, 7) is 9.94. The number of thioether (sulfide) groups is 1. The highest BCUT2D eigenvalue weighted by Gasteiger charge is 2.42. The number of carbonyl (C=O) groups excluding carboxylic acids is 1. The lowest BCUT2D eigenvalue weighted by Gasteiger charge is -2.38. The highest BCUT2D eigenvalue weighted by molar-refractivity contribution is 7.99. The van der Waals surface area contributed by atoms with Crippen LogP contribution in [0.3, 0.4) is 0 Å². The van der Waals surface area contributed by atoms with Crippen LogP contribution < -0.4 is 10.9 Å². The summed E-state index contributed by atoms with van der Waals surface area (Å²) in [5.41, 5.74) is 3.83. The lowest BCUT2D eigenvalue weighted by molar-refractivity contribution is -0.118. The summed E-state index contributed by atoms with van der Waals surface area (Å²) in [5, 5.41) is 3.90. The summed E-state index contributed by atoms with van der Waals surface area (Å²) in [5.74, 6) is 0.906. The number of aromatic amines is 1. The van der Waals surface area contributed by atoms with Gasteiger partial charge in [-0.05, 0) is 24.3 Å². The molecular weight excluding hydrogens is 382 g/mol. The first kappa shape index (κ1) is 19.7. The van der Waals surface area contributed by atoms with Crippen molar-refractivity contribution in [2.45, 2.75) is 44.7 Å². The lowest BCUT2D eigenvalue weighted by Crippen LogP contribution is -2.37. The molecule has 1 atom stereocenters. The maximum Gasteiger partial charge on any atom is 0.257 e. The van der Waals surface area contributed by atoms with Gasteiger partial charge in [-0.25, -0.2) is 4.98 Å². The zero-order chi connectivity index (χ0) is 20.8. The molecule has 150 valence electrons. The summed E-state index contributed by atoms with van der Waals surface area (Å²) < 4.78 is 0. The van der Waals surface area contributed by atoms with E-state index in [0.29, 0.717) is 34.3 Å². The minimum atomic E-state index is -0.403. The van der Waals surface area contributed by atoms with Gasteiger partial charge >= 0.3 is 0 Å². The highest BCUT2D eigenvalue weighted by Crippen LogP contribution is 2.47. The van der Waals surface area contributed by atoms with Crippen LogP contribution in [0.5, 0.6) is 0 Å². The molecule has 0 saturated carbocycles. The molecule has 2 N–H and O–H groups in total. The van der Waals surface area contributed by atoms with Gasteiger partial charge in [-0.15, -0.1) is 6.58 Å². The minimum Gasteiger partial charge on any atom is -0.343 e. The number of aryl methyl sites for hydroxylation is 1. The fourth-order valence-electron chi connectivity index (χ4n) is 4.28. The molecule has 6 heteroatoms. The monoisotopic (exact) mass is 407 g/mol. The van der Waals surface area contributed by atoms with Crippen molar-refractivity contribution in [1.29, 1.82) is 0 Å². The van der Waals surface area contributed by atoms with Gasteiger partial charge in [0, 0.05) is 29.4 Å². The fraction of sp³-hybridized carbons (Fsp3) is 0.348. The van der Waals surface area contributed by atoms with Crippen LogP contribution in [0.25, 0.3) is 0 Å². The van der Waals surface area contributed by atoms with Crippen molar-refractivity contribution in [2.24, 2.45) is 5.41 Å². The standard InChI is InChI=1S/C23H25N3O2S/c1-5-9-29-22-25-20-19(21(28)26-22)17(14-8-6-7-13(2)10-14)18-15(24-20)11-23(3,4)12-16(18)27/h5-8,10,17H,1,9,11-12H2,2-4H3,(H2,24,25,26,28)/t17-/m0/s1. The first-order chi connectivity index (χ1) is 13.8. The number of rotatable bonds is 4. The first-order valence-corrected chi connectivity index (χ1v) is 10.8. The molecule has 0 radical (unpaired) electrons. The van der Waals surface area contributed by atoms with Crippen molar-refractivity contribution in [3.8, 4) is 0 Å². The maximum atomic E-state index is 13.2. The van der Waals surface area contributed by atoms with Gasteiger partial charge in [0.2, 0.25) is 0 Å². The molecule has 5 nitrogen and oxygen atoms in total. The molecule has 0 saturated heterocycles. The van der Waals surface area contributed by atoms with E-state index in [-0.39, 0.29) is 16.8 Å². The van der Waals surface area contributed by atoms with Gasteiger partial charge in [0.1, 0.15) is 5.82 Å². The molecule has 0 bridgehead atoms. The fourth-order valence-corrected chi connectivity index (χ4v) is 4.88. The Labute approximate surface area is 174 Å². The van der Waals surface area contributed by atoms with Crippen LogP contribution in [0, 0.1) is 12.3 Å². The predicted octanol–water partition coefficient (Wildman–Crippen LogP) is 4.56. The summed E-state index contributed by atoms with van der Waals surface area (Å²) in [7, 11) is 0. The molecule has 1 aliphatic carbocycles. The predicted molar refractivity (Wildman–Crippen MR) is 117 cm³/mol. The number of fused-ring (bicyclic) bond motifs is 1. The van der Waals surface area contributed by atoms with Crippen LogP contribution in [0.4, 0.5) is 5.82 Å². The summed E-state index contributed by atoms with van der Waals surface area (Å²) in [6.07, 6.45) is 3.00. The SMILES string of the molecule is C=CCSc1nc2c(c(=O)[nH]1)[C@@H](c1cccc(C)c1)C1=C(CC(C)(C)CC1=O)N2. The van der Waals surface area contributed by atoms with Crippen LogP contribution in [0.15, 0.2) is 58.1 Å². The van der Waals surface area contributed by atoms with E-state index in [9.17, 15) is 9.59 Å². The summed E-state index contributed by atoms with van der Waals surface area (Å²) in [4.78, 5) is 33.9. The third-order valence-electron chi connectivity index (χ3n) is 5.41. The van der Waals surface area contributed by atoms with Crippen molar-refractivity contribution >= 4 is 23.4 Å². The van der Waals surface area contributed by atoms with Gasteiger partial charge in [0.05, 0.1) is 5.56 Å². The topological polar surface area (TPSA) is 74.8 Å². The number of Topliss-reactive ketones (excluding diaryl/α,β-unsaturated/α-hetero) is 1. The normalized spacial score (nSPS) is 20.0. The van der Waals surface area contributed by atoms with E-state index in [2.05, 4.69) is 41.8 Å². The molecular formula is C23H25N3O2S. The minimum absolute atomic E-state index is 0.102.